The van der Waals surface area contributed by atoms with Crippen LogP contribution in [-0.2, 0) is 30.1 Å². The van der Waals surface area contributed by atoms with Gasteiger partial charge in [-0.1, -0.05) is 54.1 Å². The fourth-order valence-corrected chi connectivity index (χ4v) is 6.12. The monoisotopic (exact) mass is 794 g/mol. The highest BCUT2D eigenvalue weighted by Crippen LogP contribution is 2.48. The zero-order valence-corrected chi connectivity index (χ0v) is 30.8. The molecular weight excluding hydrogens is 757 g/mol. The number of carbonyl (C=O) groups excluding carboxylic acids is 4. The lowest BCUT2D eigenvalue weighted by Crippen LogP contribution is -2.46. The summed E-state index contributed by atoms with van der Waals surface area (Å²) in [5.41, 5.74) is 1.76. The number of nitrogens with zero attached hydrogens (tertiary/aromatic N) is 3. The van der Waals surface area contributed by atoms with Gasteiger partial charge in [0, 0.05) is 34.8 Å². The minimum absolute atomic E-state index is 0.0245. The van der Waals surface area contributed by atoms with Gasteiger partial charge in [-0.2, -0.15) is 28.1 Å². The van der Waals surface area contributed by atoms with E-state index in [1.807, 2.05) is 42.5 Å². The van der Waals surface area contributed by atoms with Crippen molar-refractivity contribution in [2.75, 3.05) is 37.4 Å². The summed E-state index contributed by atoms with van der Waals surface area (Å²) in [6.07, 6.45) is -1.49. The van der Waals surface area contributed by atoms with Crippen LogP contribution in [0.4, 0.5) is 30.8 Å². The van der Waals surface area contributed by atoms with Crippen molar-refractivity contribution in [3.05, 3.63) is 101 Å². The minimum Gasteiger partial charge on any atom is -0.467 e. The fourth-order valence-electron chi connectivity index (χ4n) is 5.99. The van der Waals surface area contributed by atoms with Crippen molar-refractivity contribution >= 4 is 52.9 Å². The summed E-state index contributed by atoms with van der Waals surface area (Å²) in [5.74, 6) is -3.24. The van der Waals surface area contributed by atoms with Crippen LogP contribution in [0.3, 0.4) is 0 Å². The number of anilines is 3. The van der Waals surface area contributed by atoms with Crippen LogP contribution >= 0.6 is 11.6 Å². The van der Waals surface area contributed by atoms with Gasteiger partial charge < -0.3 is 36.1 Å². The quantitative estimate of drug-likeness (QED) is 0.0765. The van der Waals surface area contributed by atoms with Crippen LogP contribution in [-0.4, -0.2) is 77.7 Å². The molecule has 2 aliphatic rings. The molecule has 0 radical (unpaired) electrons. The van der Waals surface area contributed by atoms with Crippen molar-refractivity contribution in [1.82, 2.24) is 30.9 Å². The molecule has 0 unspecified atom stereocenters. The lowest BCUT2D eigenvalue weighted by Gasteiger charge is -2.19. The summed E-state index contributed by atoms with van der Waals surface area (Å²) in [4.78, 5) is 63.0. The summed E-state index contributed by atoms with van der Waals surface area (Å²) in [5, 5.41) is 14.4. The summed E-state index contributed by atoms with van der Waals surface area (Å²) < 4.78 is 48.6. The molecule has 5 N–H and O–H groups in total. The van der Waals surface area contributed by atoms with Crippen LogP contribution in [0.2, 0.25) is 5.02 Å². The van der Waals surface area contributed by atoms with E-state index in [9.17, 15) is 32.3 Å². The average Bonchev–Trinajstić information content (AvgIpc) is 4.13. The van der Waals surface area contributed by atoms with Crippen LogP contribution in [0, 0.1) is 0 Å². The number of hydrogen-bond donors (Lipinski definition) is 5. The molecule has 3 aromatic carbocycles. The Morgan fingerprint density at radius 1 is 0.821 bits per heavy atom. The molecule has 56 heavy (non-hydrogen) atoms. The number of rotatable bonds is 16. The molecule has 2 saturated carbocycles. The highest BCUT2D eigenvalue weighted by molar-refractivity contribution is 6.35. The summed E-state index contributed by atoms with van der Waals surface area (Å²) >= 11 is 6.03. The van der Waals surface area contributed by atoms with E-state index in [0.717, 1.165) is 31.1 Å². The fraction of sp³-hybridized carbons (Fsp3) is 0.342. The first kappa shape index (κ1) is 39.7. The van der Waals surface area contributed by atoms with Crippen molar-refractivity contribution in [3.8, 4) is 6.01 Å². The van der Waals surface area contributed by atoms with Crippen LogP contribution in [0.15, 0.2) is 78.9 Å². The van der Waals surface area contributed by atoms with E-state index in [1.165, 1.54) is 24.3 Å². The number of aromatic nitrogens is 3. The summed E-state index contributed by atoms with van der Waals surface area (Å²) in [6.45, 7) is -1.42. The van der Waals surface area contributed by atoms with Gasteiger partial charge in [0.2, 0.25) is 11.9 Å². The Morgan fingerprint density at radius 2 is 1.48 bits per heavy atom. The third kappa shape index (κ3) is 10.4. The topological polar surface area (TPSA) is 186 Å². The van der Waals surface area contributed by atoms with E-state index in [4.69, 9.17) is 21.1 Å². The smallest absolute Gasteiger partial charge is 0.422 e. The van der Waals surface area contributed by atoms with Crippen molar-refractivity contribution in [2.45, 2.75) is 55.3 Å². The van der Waals surface area contributed by atoms with Gasteiger partial charge in [-0.15, -0.1) is 0 Å². The van der Waals surface area contributed by atoms with E-state index < -0.39 is 54.1 Å². The normalized spacial score (nSPS) is 15.4. The number of hydrogen-bond acceptors (Lipinski definition) is 11. The second-order valence-corrected chi connectivity index (χ2v) is 13.9. The lowest BCUT2D eigenvalue weighted by atomic mass is 9.96. The molecule has 0 bridgehead atoms. The van der Waals surface area contributed by atoms with Gasteiger partial charge in [-0.25, -0.2) is 4.79 Å². The Morgan fingerprint density at radius 3 is 2.11 bits per heavy atom. The molecule has 1 aromatic heterocycles. The largest absolute Gasteiger partial charge is 0.467 e. The van der Waals surface area contributed by atoms with Crippen molar-refractivity contribution in [2.24, 2.45) is 0 Å². The SMILES string of the molecule is COC(=O)[C@@H](CCNC(=O)C(=O)NCC1(c2ccccc2)CC1)NC(=O)c1ccc(Nc2nc(NC3(c4ccc(Cl)cc4)CC3)nc(OCC(F)(F)F)n2)cc1. The van der Waals surface area contributed by atoms with E-state index in [-0.39, 0.29) is 35.8 Å². The molecule has 2 fully saturated rings. The number of alkyl halides is 3. The number of benzene rings is 3. The number of nitrogens with one attached hydrogen (secondary N) is 5. The van der Waals surface area contributed by atoms with E-state index >= 15 is 0 Å². The van der Waals surface area contributed by atoms with E-state index in [2.05, 4.69) is 41.5 Å². The molecular formula is C38H38ClF3N8O6. The van der Waals surface area contributed by atoms with Crippen LogP contribution in [0.25, 0.3) is 0 Å². The van der Waals surface area contributed by atoms with Gasteiger partial charge in [0.25, 0.3) is 5.91 Å². The summed E-state index contributed by atoms with van der Waals surface area (Å²) in [6, 6.07) is 21.0. The second-order valence-electron chi connectivity index (χ2n) is 13.5. The molecule has 1 atom stereocenters. The average molecular weight is 795 g/mol. The van der Waals surface area contributed by atoms with Crippen molar-refractivity contribution in [3.63, 3.8) is 0 Å². The highest BCUT2D eigenvalue weighted by atomic mass is 35.5. The number of carbonyl (C=O) groups is 4. The maximum Gasteiger partial charge on any atom is 0.422 e. The van der Waals surface area contributed by atoms with Gasteiger partial charge in [0.1, 0.15) is 6.04 Å². The molecule has 4 aromatic rings. The zero-order valence-electron chi connectivity index (χ0n) is 30.0. The minimum atomic E-state index is -4.63. The van der Waals surface area contributed by atoms with Crippen molar-refractivity contribution < 1.29 is 41.8 Å². The molecule has 0 aliphatic heterocycles. The lowest BCUT2D eigenvalue weighted by molar-refractivity contribution is -0.154. The predicted octanol–water partition coefficient (Wildman–Crippen LogP) is 4.94. The first-order valence-electron chi connectivity index (χ1n) is 17.6. The maximum atomic E-state index is 13.1. The third-order valence-corrected chi connectivity index (χ3v) is 9.68. The highest BCUT2D eigenvalue weighted by Gasteiger charge is 2.46. The first-order valence-corrected chi connectivity index (χ1v) is 18.0. The molecule has 6 rings (SSSR count). The van der Waals surface area contributed by atoms with Crippen LogP contribution in [0.5, 0.6) is 6.01 Å². The second kappa shape index (κ2) is 16.8. The Hall–Kier alpha value is -5.97. The maximum absolute atomic E-state index is 13.1. The van der Waals surface area contributed by atoms with Gasteiger partial charge >= 0.3 is 30.0 Å². The Bertz CT molecular complexity index is 2050. The predicted molar refractivity (Wildman–Crippen MR) is 198 cm³/mol. The molecule has 0 saturated heterocycles. The van der Waals surface area contributed by atoms with Gasteiger partial charge in [0.05, 0.1) is 12.6 Å². The molecule has 0 spiro atoms. The van der Waals surface area contributed by atoms with E-state index in [0.29, 0.717) is 30.1 Å². The van der Waals surface area contributed by atoms with Gasteiger partial charge in [-0.3, -0.25) is 14.4 Å². The molecule has 18 heteroatoms. The Labute approximate surface area is 324 Å². The molecule has 294 valence electrons. The molecule has 1 heterocycles. The Kier molecular flexibility index (Phi) is 11.9. The molecule has 2 aliphatic carbocycles. The molecule has 3 amide bonds. The van der Waals surface area contributed by atoms with Gasteiger partial charge in [0.15, 0.2) is 6.61 Å². The Balaban J connectivity index is 1.04. The number of ether oxygens (including phenoxy) is 2. The number of esters is 1. The standard InChI is InChI=1S/C38H38ClF3N8O6/c1-55-32(54)28(15-20-43-30(52)31(53)44-21-36(16-17-36)24-5-3-2-4-6-24)46-29(51)23-7-13-27(14-8-23)45-33-47-34(49-35(48-33)56-22-38(40,41)42)50-37(18-19-37)25-9-11-26(39)12-10-25/h2-14,28H,15-22H2,1H3,(H,43,52)(H,44,53)(H,46,51)(H2,45,47,48,49,50)/t28-/m1/s1. The first-order chi connectivity index (χ1) is 26.8. The zero-order chi connectivity index (χ0) is 39.9. The van der Waals surface area contributed by atoms with Crippen molar-refractivity contribution in [1.29, 1.82) is 0 Å². The summed E-state index contributed by atoms with van der Waals surface area (Å²) in [7, 11) is 1.15. The molecule has 14 nitrogen and oxygen atoms in total. The van der Waals surface area contributed by atoms with Gasteiger partial charge in [-0.05, 0) is 79.6 Å². The third-order valence-electron chi connectivity index (χ3n) is 9.42. The van der Waals surface area contributed by atoms with Crippen LogP contribution in [0.1, 0.15) is 53.6 Å². The number of methoxy groups -OCH3 is 1. The number of halogens is 4. The van der Waals surface area contributed by atoms with Crippen LogP contribution < -0.4 is 31.3 Å². The van der Waals surface area contributed by atoms with E-state index in [1.54, 1.807) is 12.1 Å². The number of amides is 3.